The van der Waals surface area contributed by atoms with Crippen LogP contribution in [0.25, 0.3) is 0 Å². The Balaban J connectivity index is 3.04. The van der Waals surface area contributed by atoms with Gasteiger partial charge in [-0.25, -0.2) is 0 Å². The van der Waals surface area contributed by atoms with Gasteiger partial charge in [0.1, 0.15) is 7.85 Å². The summed E-state index contributed by atoms with van der Waals surface area (Å²) in [5, 5.41) is 0. The largest absolute Gasteiger partial charge is 0.101 e. The summed E-state index contributed by atoms with van der Waals surface area (Å²) in [4.78, 5) is 0. The Morgan fingerprint density at radius 2 is 1.60 bits per heavy atom. The molecule has 0 saturated heterocycles. The van der Waals surface area contributed by atoms with Gasteiger partial charge in [-0.1, -0.05) is 46.4 Å². The van der Waals surface area contributed by atoms with Crippen LogP contribution in [0.4, 0.5) is 0 Å². The summed E-state index contributed by atoms with van der Waals surface area (Å²) in [6.07, 6.45) is 6.98. The summed E-state index contributed by atoms with van der Waals surface area (Å²) >= 11 is 0. The van der Waals surface area contributed by atoms with Gasteiger partial charge >= 0.3 is 0 Å². The van der Waals surface area contributed by atoms with Crippen LogP contribution in [0.15, 0.2) is 0 Å². The van der Waals surface area contributed by atoms with Gasteiger partial charge in [0, 0.05) is 0 Å². The van der Waals surface area contributed by atoms with Crippen LogP contribution in [-0.2, 0) is 0 Å². The highest BCUT2D eigenvalue weighted by atomic mass is 14.1. The average molecular weight is 140 g/mol. The Labute approximate surface area is 66.8 Å². The van der Waals surface area contributed by atoms with E-state index < -0.39 is 0 Å². The Hall–Kier alpha value is 0.0649. The number of hydrogen-bond acceptors (Lipinski definition) is 0. The smallest absolute Gasteiger partial charge is 0.0811 e. The van der Waals surface area contributed by atoms with Crippen LogP contribution in [-0.4, -0.2) is 7.85 Å². The molecule has 1 heteroatoms. The molecule has 0 atom stereocenters. The number of unbranched alkanes of at least 4 members (excludes halogenated alkanes) is 2. The Bertz CT molecular complexity index is 71.3. The molecule has 0 aliphatic carbocycles. The second-order valence-corrected chi connectivity index (χ2v) is 4.37. The lowest BCUT2D eigenvalue weighted by molar-refractivity contribution is 0.359. The third kappa shape index (κ3) is 8.06. The van der Waals surface area contributed by atoms with E-state index in [-0.39, 0.29) is 0 Å². The van der Waals surface area contributed by atoms with Crippen LogP contribution in [0.2, 0.25) is 6.32 Å². The zero-order chi connectivity index (χ0) is 8.04. The van der Waals surface area contributed by atoms with E-state index in [2.05, 4.69) is 28.6 Å². The molecule has 0 aromatic rings. The third-order valence-corrected chi connectivity index (χ3v) is 1.78. The minimum Gasteiger partial charge on any atom is -0.0811 e. The summed E-state index contributed by atoms with van der Waals surface area (Å²) < 4.78 is 0. The molecule has 0 heterocycles. The molecule has 0 fully saturated rings. The lowest BCUT2D eigenvalue weighted by atomic mass is 9.88. The van der Waals surface area contributed by atoms with Crippen molar-refractivity contribution in [3.63, 3.8) is 0 Å². The topological polar surface area (TPSA) is 0 Å². The molecule has 0 bridgehead atoms. The van der Waals surface area contributed by atoms with Gasteiger partial charge in [-0.15, -0.1) is 0 Å². The fourth-order valence-corrected chi connectivity index (χ4v) is 1.08. The highest BCUT2D eigenvalue weighted by Crippen LogP contribution is 2.21. The van der Waals surface area contributed by atoms with E-state index in [1.54, 1.807) is 0 Å². The molecule has 0 unspecified atom stereocenters. The van der Waals surface area contributed by atoms with Gasteiger partial charge in [-0.05, 0) is 11.8 Å². The van der Waals surface area contributed by atoms with E-state index >= 15 is 0 Å². The van der Waals surface area contributed by atoms with Crippen LogP contribution in [0, 0.1) is 5.41 Å². The quantitative estimate of drug-likeness (QED) is 0.416. The predicted octanol–water partition coefficient (Wildman–Crippen LogP) is 2.64. The maximum atomic E-state index is 2.32. The molecule has 0 spiro atoms. The van der Waals surface area contributed by atoms with Gasteiger partial charge in [0.25, 0.3) is 0 Å². The van der Waals surface area contributed by atoms with Crippen molar-refractivity contribution in [2.45, 2.75) is 52.8 Å². The molecule has 60 valence electrons. The molecular weight excluding hydrogens is 119 g/mol. The van der Waals surface area contributed by atoms with Crippen LogP contribution < -0.4 is 0 Å². The minimum atomic E-state index is 0.549. The molecule has 0 nitrogen and oxygen atoms in total. The molecule has 0 radical (unpaired) electrons. The fourth-order valence-electron chi connectivity index (χ4n) is 1.08. The van der Waals surface area contributed by atoms with E-state index in [4.69, 9.17) is 0 Å². The van der Waals surface area contributed by atoms with Crippen LogP contribution in [0.1, 0.15) is 46.5 Å². The van der Waals surface area contributed by atoms with E-state index in [0.717, 1.165) is 0 Å². The summed E-state index contributed by atoms with van der Waals surface area (Å²) in [5.41, 5.74) is 0.549. The molecule has 0 aromatic heterocycles. The van der Waals surface area contributed by atoms with Crippen LogP contribution >= 0.6 is 0 Å². The molecule has 0 saturated carbocycles. The molecule has 0 N–H and O–H groups in total. The first-order chi connectivity index (χ1) is 4.56. The molecule has 0 amide bonds. The summed E-state index contributed by atoms with van der Waals surface area (Å²) in [6, 6.07) is 0. The van der Waals surface area contributed by atoms with E-state index in [1.165, 1.54) is 32.0 Å². The van der Waals surface area contributed by atoms with Crippen molar-refractivity contribution in [2.24, 2.45) is 5.41 Å². The van der Waals surface area contributed by atoms with Crippen molar-refractivity contribution in [3.05, 3.63) is 0 Å². The van der Waals surface area contributed by atoms with Crippen molar-refractivity contribution in [1.82, 2.24) is 0 Å². The highest BCUT2D eigenvalue weighted by Gasteiger charge is 2.08. The van der Waals surface area contributed by atoms with Crippen LogP contribution in [0.3, 0.4) is 0 Å². The van der Waals surface area contributed by atoms with Gasteiger partial charge in [0.2, 0.25) is 0 Å². The molecule has 10 heavy (non-hydrogen) atoms. The lowest BCUT2D eigenvalue weighted by Gasteiger charge is -2.17. The highest BCUT2D eigenvalue weighted by molar-refractivity contribution is 6.08. The first-order valence-electron chi connectivity index (χ1n) is 4.56. The minimum absolute atomic E-state index is 0.549. The normalized spacial score (nSPS) is 11.9. The maximum absolute atomic E-state index is 2.32. The predicted molar refractivity (Wildman–Crippen MR) is 51.3 cm³/mol. The molecule has 0 aromatic carbocycles. The average Bonchev–Trinajstić information content (AvgIpc) is 1.78. The summed E-state index contributed by atoms with van der Waals surface area (Å²) in [7, 11) is 2.26. The van der Waals surface area contributed by atoms with Crippen molar-refractivity contribution >= 4 is 7.85 Å². The van der Waals surface area contributed by atoms with E-state index in [0.29, 0.717) is 5.41 Å². The Morgan fingerprint density at radius 3 is 2.00 bits per heavy atom. The SMILES string of the molecule is BCCCCCC(C)(C)C. The van der Waals surface area contributed by atoms with Crippen molar-refractivity contribution in [3.8, 4) is 0 Å². The first-order valence-corrected chi connectivity index (χ1v) is 4.56. The molecular formula is C9H21B. The number of hydrogen-bond donors (Lipinski definition) is 0. The first kappa shape index (κ1) is 10.1. The number of rotatable bonds is 4. The second kappa shape index (κ2) is 4.82. The maximum Gasteiger partial charge on any atom is 0.101 e. The zero-order valence-electron chi connectivity index (χ0n) is 8.04. The molecule has 0 rings (SSSR count). The van der Waals surface area contributed by atoms with Crippen molar-refractivity contribution in [1.29, 1.82) is 0 Å². The Morgan fingerprint density at radius 1 is 1.00 bits per heavy atom. The zero-order valence-corrected chi connectivity index (χ0v) is 8.04. The van der Waals surface area contributed by atoms with Gasteiger partial charge in [0.15, 0.2) is 0 Å². The van der Waals surface area contributed by atoms with Gasteiger partial charge < -0.3 is 0 Å². The summed E-state index contributed by atoms with van der Waals surface area (Å²) in [6.45, 7) is 6.96. The lowest BCUT2D eigenvalue weighted by Crippen LogP contribution is -2.03. The van der Waals surface area contributed by atoms with Gasteiger partial charge in [0.05, 0.1) is 0 Å². The van der Waals surface area contributed by atoms with E-state index in [1.807, 2.05) is 0 Å². The second-order valence-electron chi connectivity index (χ2n) is 4.37. The van der Waals surface area contributed by atoms with Crippen LogP contribution in [0.5, 0.6) is 0 Å². The Kier molecular flexibility index (Phi) is 4.85. The van der Waals surface area contributed by atoms with E-state index in [9.17, 15) is 0 Å². The fraction of sp³-hybridized carbons (Fsp3) is 1.00. The van der Waals surface area contributed by atoms with Crippen molar-refractivity contribution < 1.29 is 0 Å². The van der Waals surface area contributed by atoms with Crippen molar-refractivity contribution in [2.75, 3.05) is 0 Å². The standard InChI is InChI=1S/C9H21B/c1-9(2,3)7-5-4-6-8-10/h4-8,10H2,1-3H3. The summed E-state index contributed by atoms with van der Waals surface area (Å²) in [5.74, 6) is 0. The van der Waals surface area contributed by atoms with Gasteiger partial charge in [-0.3, -0.25) is 0 Å². The third-order valence-electron chi connectivity index (χ3n) is 1.78. The molecule has 0 aliphatic rings. The van der Waals surface area contributed by atoms with Gasteiger partial charge in [-0.2, -0.15) is 0 Å². The monoisotopic (exact) mass is 140 g/mol. The molecule has 0 aliphatic heterocycles.